The first-order valence-corrected chi connectivity index (χ1v) is 9.03. The predicted octanol–water partition coefficient (Wildman–Crippen LogP) is 2.89. The third kappa shape index (κ3) is 3.95. The third-order valence-electron chi connectivity index (χ3n) is 5.30. The Morgan fingerprint density at radius 1 is 1.25 bits per heavy atom. The second-order valence-corrected chi connectivity index (χ2v) is 6.95. The summed E-state index contributed by atoms with van der Waals surface area (Å²) in [6.07, 6.45) is 4.54. The van der Waals surface area contributed by atoms with Crippen LogP contribution in [0.1, 0.15) is 44.2 Å². The van der Waals surface area contributed by atoms with E-state index < -0.39 is 6.04 Å². The summed E-state index contributed by atoms with van der Waals surface area (Å²) in [5.74, 6) is 0.0789. The van der Waals surface area contributed by atoms with Gasteiger partial charge in [-0.15, -0.1) is 0 Å². The Labute approximate surface area is 143 Å². The topological polar surface area (TPSA) is 41.6 Å². The molecule has 1 amide bonds. The molecule has 1 aromatic carbocycles. The molecule has 2 aliphatic rings. The minimum absolute atomic E-state index is 0.0826. The molecule has 3 atom stereocenters. The van der Waals surface area contributed by atoms with Gasteiger partial charge in [0.1, 0.15) is 11.9 Å². The molecule has 1 aromatic rings. The molecule has 5 heteroatoms. The molecule has 0 unspecified atom stereocenters. The number of carbonyl (C=O) groups excluding carboxylic acids is 1. The lowest BCUT2D eigenvalue weighted by molar-refractivity contribution is -0.130. The molecule has 1 aliphatic heterocycles. The fourth-order valence-electron chi connectivity index (χ4n) is 3.83. The molecule has 0 spiro atoms. The van der Waals surface area contributed by atoms with E-state index in [9.17, 15) is 9.18 Å². The highest BCUT2D eigenvalue weighted by atomic mass is 19.1. The standard InChI is InChI=1S/C19H27FN2O2/c1-14-6-2-5-9-17(14)21-19(23)18(22-10-12-24-13-11-22)15-7-3-4-8-16(15)20/h3-4,7-8,14,17-18H,2,5-6,9-13H2,1H3,(H,21,23)/t14-,17-,18+/m1/s1. The molecular weight excluding hydrogens is 307 g/mol. The fourth-order valence-corrected chi connectivity index (χ4v) is 3.83. The number of ether oxygens (including phenoxy) is 1. The summed E-state index contributed by atoms with van der Waals surface area (Å²) in [5.41, 5.74) is 0.459. The van der Waals surface area contributed by atoms with Crippen LogP contribution in [0.2, 0.25) is 0 Å². The van der Waals surface area contributed by atoms with E-state index >= 15 is 0 Å². The Balaban J connectivity index is 1.80. The van der Waals surface area contributed by atoms with Crippen molar-refractivity contribution in [1.29, 1.82) is 0 Å². The van der Waals surface area contributed by atoms with Crippen molar-refractivity contribution in [2.75, 3.05) is 26.3 Å². The van der Waals surface area contributed by atoms with Crippen molar-refractivity contribution in [2.45, 2.75) is 44.7 Å². The highest BCUT2D eigenvalue weighted by molar-refractivity contribution is 5.83. The van der Waals surface area contributed by atoms with Gasteiger partial charge in [-0.05, 0) is 24.8 Å². The maximum Gasteiger partial charge on any atom is 0.242 e. The quantitative estimate of drug-likeness (QED) is 0.920. The molecule has 1 heterocycles. The van der Waals surface area contributed by atoms with Crippen LogP contribution in [0.4, 0.5) is 4.39 Å². The Morgan fingerprint density at radius 2 is 1.96 bits per heavy atom. The predicted molar refractivity (Wildman–Crippen MR) is 91.1 cm³/mol. The van der Waals surface area contributed by atoms with Gasteiger partial charge in [0.05, 0.1) is 13.2 Å². The highest BCUT2D eigenvalue weighted by Crippen LogP contribution is 2.28. The minimum atomic E-state index is -0.579. The van der Waals surface area contributed by atoms with Crippen molar-refractivity contribution in [3.05, 3.63) is 35.6 Å². The van der Waals surface area contributed by atoms with Crippen LogP contribution in [-0.2, 0) is 9.53 Å². The summed E-state index contributed by atoms with van der Waals surface area (Å²) in [6, 6.07) is 6.22. The summed E-state index contributed by atoms with van der Waals surface area (Å²) in [6.45, 7) is 4.65. The van der Waals surface area contributed by atoms with E-state index in [-0.39, 0.29) is 17.8 Å². The molecule has 3 rings (SSSR count). The van der Waals surface area contributed by atoms with Crippen molar-refractivity contribution in [1.82, 2.24) is 10.2 Å². The fraction of sp³-hybridized carbons (Fsp3) is 0.632. The SMILES string of the molecule is C[C@@H]1CCCC[C@H]1NC(=O)[C@H](c1ccccc1F)N1CCOCC1. The van der Waals surface area contributed by atoms with E-state index in [1.54, 1.807) is 18.2 Å². The van der Waals surface area contributed by atoms with Crippen LogP contribution >= 0.6 is 0 Å². The van der Waals surface area contributed by atoms with E-state index in [2.05, 4.69) is 12.2 Å². The molecule has 1 N–H and O–H groups in total. The number of amides is 1. The van der Waals surface area contributed by atoms with Gasteiger partial charge in [0.25, 0.3) is 0 Å². The number of carbonyl (C=O) groups is 1. The number of hydrogen-bond donors (Lipinski definition) is 1. The van der Waals surface area contributed by atoms with Gasteiger partial charge >= 0.3 is 0 Å². The number of halogens is 1. The summed E-state index contributed by atoms with van der Waals surface area (Å²) in [7, 11) is 0. The summed E-state index contributed by atoms with van der Waals surface area (Å²) >= 11 is 0. The first-order valence-electron chi connectivity index (χ1n) is 9.03. The maximum atomic E-state index is 14.4. The molecule has 0 aromatic heterocycles. The van der Waals surface area contributed by atoms with E-state index in [0.717, 1.165) is 19.3 Å². The van der Waals surface area contributed by atoms with Crippen molar-refractivity contribution in [3.8, 4) is 0 Å². The average molecular weight is 334 g/mol. The van der Waals surface area contributed by atoms with Crippen molar-refractivity contribution < 1.29 is 13.9 Å². The van der Waals surface area contributed by atoms with Gasteiger partial charge in [0.2, 0.25) is 5.91 Å². The lowest BCUT2D eigenvalue weighted by Crippen LogP contribution is -2.50. The normalized spacial score (nSPS) is 26.8. The first kappa shape index (κ1) is 17.4. The van der Waals surface area contributed by atoms with Crippen LogP contribution < -0.4 is 5.32 Å². The van der Waals surface area contributed by atoms with Gasteiger partial charge in [-0.1, -0.05) is 38.0 Å². The van der Waals surface area contributed by atoms with Crippen LogP contribution in [0.5, 0.6) is 0 Å². The number of morpholine rings is 1. The molecule has 132 valence electrons. The van der Waals surface area contributed by atoms with Gasteiger partial charge in [-0.25, -0.2) is 4.39 Å². The molecule has 4 nitrogen and oxygen atoms in total. The highest BCUT2D eigenvalue weighted by Gasteiger charge is 2.33. The lowest BCUT2D eigenvalue weighted by Gasteiger charge is -2.36. The number of rotatable bonds is 4. The van der Waals surface area contributed by atoms with Crippen LogP contribution in [0.3, 0.4) is 0 Å². The van der Waals surface area contributed by atoms with Gasteiger partial charge in [0, 0.05) is 24.7 Å². The number of nitrogens with one attached hydrogen (secondary N) is 1. The van der Waals surface area contributed by atoms with Crippen LogP contribution in [0, 0.1) is 11.7 Å². The minimum Gasteiger partial charge on any atom is -0.379 e. The summed E-state index contributed by atoms with van der Waals surface area (Å²) in [4.78, 5) is 15.1. The van der Waals surface area contributed by atoms with Crippen molar-refractivity contribution in [3.63, 3.8) is 0 Å². The number of benzene rings is 1. The van der Waals surface area contributed by atoms with Crippen molar-refractivity contribution in [2.24, 2.45) is 5.92 Å². The van der Waals surface area contributed by atoms with Gasteiger partial charge in [0.15, 0.2) is 0 Å². The van der Waals surface area contributed by atoms with Gasteiger partial charge in [-0.2, -0.15) is 0 Å². The third-order valence-corrected chi connectivity index (χ3v) is 5.30. The van der Waals surface area contributed by atoms with E-state index in [4.69, 9.17) is 4.74 Å². The first-order chi connectivity index (χ1) is 11.7. The zero-order valence-corrected chi connectivity index (χ0v) is 14.3. The van der Waals surface area contributed by atoms with Gasteiger partial charge in [-0.3, -0.25) is 9.69 Å². The lowest BCUT2D eigenvalue weighted by atomic mass is 9.85. The molecule has 24 heavy (non-hydrogen) atoms. The average Bonchev–Trinajstić information content (AvgIpc) is 2.60. The molecule has 1 saturated heterocycles. The Morgan fingerprint density at radius 3 is 2.67 bits per heavy atom. The smallest absolute Gasteiger partial charge is 0.242 e. The van der Waals surface area contributed by atoms with Crippen LogP contribution in [0.15, 0.2) is 24.3 Å². The van der Waals surface area contributed by atoms with Crippen LogP contribution in [-0.4, -0.2) is 43.2 Å². The maximum absolute atomic E-state index is 14.4. The number of hydrogen-bond acceptors (Lipinski definition) is 3. The Bertz CT molecular complexity index is 560. The van der Waals surface area contributed by atoms with Crippen molar-refractivity contribution >= 4 is 5.91 Å². The Hall–Kier alpha value is -1.46. The second kappa shape index (κ2) is 8.08. The largest absolute Gasteiger partial charge is 0.379 e. The number of nitrogens with zero attached hydrogens (tertiary/aromatic N) is 1. The summed E-state index contributed by atoms with van der Waals surface area (Å²) < 4.78 is 19.8. The van der Waals surface area contributed by atoms with E-state index in [1.807, 2.05) is 4.90 Å². The zero-order valence-electron chi connectivity index (χ0n) is 14.3. The molecular formula is C19H27FN2O2. The van der Waals surface area contributed by atoms with Crippen LogP contribution in [0.25, 0.3) is 0 Å². The molecule has 1 aliphatic carbocycles. The molecule has 1 saturated carbocycles. The summed E-state index contributed by atoms with van der Waals surface area (Å²) in [5, 5.41) is 3.20. The molecule has 0 bridgehead atoms. The van der Waals surface area contributed by atoms with E-state index in [1.165, 1.54) is 12.5 Å². The molecule has 2 fully saturated rings. The van der Waals surface area contributed by atoms with E-state index in [0.29, 0.717) is 37.8 Å². The monoisotopic (exact) mass is 334 g/mol. The molecule has 0 radical (unpaired) electrons. The zero-order chi connectivity index (χ0) is 16.9. The Kier molecular flexibility index (Phi) is 5.85. The van der Waals surface area contributed by atoms with Gasteiger partial charge < -0.3 is 10.1 Å². The second-order valence-electron chi connectivity index (χ2n) is 6.95.